The Balaban J connectivity index is 1.81. The van der Waals surface area contributed by atoms with Gasteiger partial charge in [-0.2, -0.15) is 9.27 Å². The van der Waals surface area contributed by atoms with Gasteiger partial charge in [0.05, 0.1) is 18.0 Å². The van der Waals surface area contributed by atoms with E-state index in [0.29, 0.717) is 4.90 Å². The highest BCUT2D eigenvalue weighted by molar-refractivity contribution is 7.12. The maximum Gasteiger partial charge on any atom is 0.430 e. The van der Waals surface area contributed by atoms with Crippen molar-refractivity contribution in [1.29, 1.82) is 0 Å². The molecule has 162 valence electrons. The van der Waals surface area contributed by atoms with E-state index in [1.165, 1.54) is 13.2 Å². The van der Waals surface area contributed by atoms with Gasteiger partial charge < -0.3 is 24.4 Å². The lowest BCUT2D eigenvalue weighted by Gasteiger charge is -2.19. The van der Waals surface area contributed by atoms with E-state index in [2.05, 4.69) is 4.37 Å². The van der Waals surface area contributed by atoms with Crippen molar-refractivity contribution in [2.45, 2.75) is 0 Å². The van der Waals surface area contributed by atoms with Gasteiger partial charge in [-0.3, -0.25) is 0 Å². The molecule has 1 aromatic heterocycles. The molecule has 0 radical (unpaired) electrons. The molecule has 10 heteroatoms. The molecule has 0 aliphatic rings. The average Bonchev–Trinajstić information content (AvgIpc) is 3.19. The number of carbonyl (C=O) groups is 2. The summed E-state index contributed by atoms with van der Waals surface area (Å²) in [6.07, 6.45) is -2.12. The number of rotatable bonds is 4. The summed E-state index contributed by atoms with van der Waals surface area (Å²) in [5, 5.41) is 20.2. The van der Waals surface area contributed by atoms with Crippen LogP contribution in [0.3, 0.4) is 0 Å². The number of phenols is 2. The smallest absolute Gasteiger partial charge is 0.430 e. The van der Waals surface area contributed by atoms with Gasteiger partial charge >= 0.3 is 12.2 Å². The predicted molar refractivity (Wildman–Crippen MR) is 117 cm³/mol. The summed E-state index contributed by atoms with van der Waals surface area (Å²) in [5.41, 5.74) is 0.196. The Labute approximate surface area is 185 Å². The number of carbonyl (C=O) groups excluding carboxylic acids is 2. The molecule has 0 atom stereocenters. The van der Waals surface area contributed by atoms with Crippen LogP contribution >= 0.6 is 11.5 Å². The average molecular weight is 452 g/mol. The van der Waals surface area contributed by atoms with Crippen molar-refractivity contribution in [2.75, 3.05) is 12.0 Å². The molecule has 4 aromatic rings. The number of aromatic hydroxyl groups is 2. The zero-order chi connectivity index (χ0) is 22.7. The number of aromatic nitrogens is 1. The summed E-state index contributed by atoms with van der Waals surface area (Å²) in [7, 11) is 1.27. The van der Waals surface area contributed by atoms with Crippen LogP contribution in [0, 0.1) is 0 Å². The van der Waals surface area contributed by atoms with Crippen molar-refractivity contribution in [3.63, 3.8) is 0 Å². The van der Waals surface area contributed by atoms with Crippen molar-refractivity contribution >= 4 is 39.6 Å². The summed E-state index contributed by atoms with van der Waals surface area (Å²) in [6, 6.07) is 17.6. The highest BCUT2D eigenvalue weighted by Crippen LogP contribution is 2.47. The summed E-state index contributed by atoms with van der Waals surface area (Å²) in [5.74, 6) is -0.771. The predicted octanol–water partition coefficient (Wildman–Crippen LogP) is 4.92. The van der Waals surface area contributed by atoms with Gasteiger partial charge in [0.1, 0.15) is 16.5 Å². The molecule has 1 heterocycles. The Kier molecular flexibility index (Phi) is 5.77. The number of anilines is 1. The van der Waals surface area contributed by atoms with Crippen LogP contribution in [0.15, 0.2) is 66.7 Å². The molecule has 4 rings (SSSR count). The normalized spacial score (nSPS) is 10.5. The fourth-order valence-corrected chi connectivity index (χ4v) is 3.75. The summed E-state index contributed by atoms with van der Waals surface area (Å²) >= 11 is 0.768. The number of hydrogen-bond donors (Lipinski definition) is 2. The first kappa shape index (κ1) is 20.9. The van der Waals surface area contributed by atoms with Crippen LogP contribution in [0.25, 0.3) is 10.9 Å². The van der Waals surface area contributed by atoms with E-state index in [9.17, 15) is 19.8 Å². The lowest BCUT2D eigenvalue weighted by atomic mass is 10.2. The molecule has 3 aromatic carbocycles. The van der Waals surface area contributed by atoms with E-state index in [4.69, 9.17) is 14.2 Å². The standard InChI is InChI=1S/C22H16N2O7S/c1-29-19-17-15(12-16(25)18(19)26)23-32-20(17)24(21(27)30-13-8-4-2-5-9-13)22(28)31-14-10-6-3-7-11-14/h2-12,25-26H,1H3. The second-order valence-corrected chi connectivity index (χ2v) is 7.11. The fraction of sp³-hybridized carbons (Fsp3) is 0.0455. The van der Waals surface area contributed by atoms with E-state index in [1.54, 1.807) is 60.7 Å². The number of amides is 2. The lowest BCUT2D eigenvalue weighted by molar-refractivity contribution is 0.191. The minimum Gasteiger partial charge on any atom is -0.504 e. The van der Waals surface area contributed by atoms with Crippen molar-refractivity contribution in [3.8, 4) is 28.7 Å². The largest absolute Gasteiger partial charge is 0.504 e. The summed E-state index contributed by atoms with van der Waals surface area (Å²) in [4.78, 5) is 26.8. The number of fused-ring (bicyclic) bond motifs is 1. The molecule has 2 amide bonds. The van der Waals surface area contributed by atoms with Gasteiger partial charge in [-0.1, -0.05) is 36.4 Å². The second kappa shape index (κ2) is 8.82. The molecule has 32 heavy (non-hydrogen) atoms. The molecule has 0 aliphatic heterocycles. The van der Waals surface area contributed by atoms with E-state index in [1.807, 2.05) is 0 Å². The third-order valence-electron chi connectivity index (χ3n) is 4.33. The third kappa shape index (κ3) is 3.98. The monoisotopic (exact) mass is 452 g/mol. The van der Waals surface area contributed by atoms with Crippen LogP contribution in [0.1, 0.15) is 0 Å². The van der Waals surface area contributed by atoms with Crippen LogP contribution in [-0.2, 0) is 0 Å². The Morgan fingerprint density at radius 3 is 1.94 bits per heavy atom. The van der Waals surface area contributed by atoms with Crippen LogP contribution < -0.4 is 19.1 Å². The highest BCUT2D eigenvalue weighted by Gasteiger charge is 2.33. The molecule has 0 saturated heterocycles. The van der Waals surface area contributed by atoms with Crippen LogP contribution in [0.5, 0.6) is 28.7 Å². The second-order valence-electron chi connectivity index (χ2n) is 6.36. The maximum atomic E-state index is 13.1. The minimum atomic E-state index is -1.06. The molecule has 0 aliphatic carbocycles. The first-order valence-corrected chi connectivity index (χ1v) is 9.99. The molecule has 9 nitrogen and oxygen atoms in total. The Bertz CT molecular complexity index is 1220. The van der Waals surface area contributed by atoms with Crippen LogP contribution in [0.4, 0.5) is 14.6 Å². The van der Waals surface area contributed by atoms with Gasteiger partial charge in [0.25, 0.3) is 0 Å². The topological polar surface area (TPSA) is 118 Å². The van der Waals surface area contributed by atoms with Gasteiger partial charge in [0.2, 0.25) is 5.75 Å². The number of imide groups is 1. The van der Waals surface area contributed by atoms with Crippen LogP contribution in [0.2, 0.25) is 0 Å². The number of phenolic OH excluding ortho intramolecular Hbond substituents is 2. The molecule has 0 spiro atoms. The molecule has 0 fully saturated rings. The molecular formula is C22H16N2O7S. The SMILES string of the molecule is COc1c(O)c(O)cc2nsc(N(C(=O)Oc3ccccc3)C(=O)Oc3ccccc3)c12. The Morgan fingerprint density at radius 2 is 1.44 bits per heavy atom. The highest BCUT2D eigenvalue weighted by atomic mass is 32.1. The van der Waals surface area contributed by atoms with Gasteiger partial charge in [-0.25, -0.2) is 9.59 Å². The van der Waals surface area contributed by atoms with E-state index in [-0.39, 0.29) is 33.2 Å². The van der Waals surface area contributed by atoms with Crippen LogP contribution in [-0.4, -0.2) is 33.9 Å². The van der Waals surface area contributed by atoms with E-state index >= 15 is 0 Å². The lowest BCUT2D eigenvalue weighted by Crippen LogP contribution is -2.40. The van der Waals surface area contributed by atoms with Gasteiger partial charge in [0, 0.05) is 6.07 Å². The number of hydrogen-bond acceptors (Lipinski definition) is 9. The van der Waals surface area contributed by atoms with Crippen molar-refractivity contribution in [1.82, 2.24) is 4.37 Å². The fourth-order valence-electron chi connectivity index (χ4n) is 2.90. The number of para-hydroxylation sites is 2. The van der Waals surface area contributed by atoms with Gasteiger partial charge in [-0.05, 0) is 35.8 Å². The van der Waals surface area contributed by atoms with E-state index in [0.717, 1.165) is 11.5 Å². The molecule has 0 saturated carbocycles. The molecule has 2 N–H and O–H groups in total. The summed E-state index contributed by atoms with van der Waals surface area (Å²) in [6.45, 7) is 0. The number of benzene rings is 3. The first-order valence-electron chi connectivity index (χ1n) is 9.21. The van der Waals surface area contributed by atoms with Crippen molar-refractivity contribution < 1.29 is 34.0 Å². The zero-order valence-corrected chi connectivity index (χ0v) is 17.4. The molecular weight excluding hydrogens is 436 g/mol. The van der Waals surface area contributed by atoms with Gasteiger partial charge in [-0.15, -0.1) is 0 Å². The molecule has 0 unspecified atom stereocenters. The Hall–Kier alpha value is -4.31. The molecule has 0 bridgehead atoms. The number of ether oxygens (including phenoxy) is 3. The van der Waals surface area contributed by atoms with Gasteiger partial charge in [0.15, 0.2) is 11.5 Å². The first-order chi connectivity index (χ1) is 15.5. The number of nitrogens with zero attached hydrogens (tertiary/aromatic N) is 2. The quantitative estimate of drug-likeness (QED) is 0.419. The zero-order valence-electron chi connectivity index (χ0n) is 16.6. The minimum absolute atomic E-state index is 0.0194. The van der Waals surface area contributed by atoms with Crippen molar-refractivity contribution in [2.24, 2.45) is 0 Å². The Morgan fingerprint density at radius 1 is 0.906 bits per heavy atom. The maximum absolute atomic E-state index is 13.1. The summed E-state index contributed by atoms with van der Waals surface area (Å²) < 4.78 is 20.1. The number of methoxy groups -OCH3 is 1. The van der Waals surface area contributed by atoms with Crippen molar-refractivity contribution in [3.05, 3.63) is 66.7 Å². The van der Waals surface area contributed by atoms with E-state index < -0.39 is 23.7 Å². The third-order valence-corrected chi connectivity index (χ3v) is 5.18.